The van der Waals surface area contributed by atoms with E-state index in [0.717, 1.165) is 12.1 Å². The Hall–Kier alpha value is -1.86. The van der Waals surface area contributed by atoms with Gasteiger partial charge in [-0.3, -0.25) is 0 Å². The lowest BCUT2D eigenvalue weighted by atomic mass is 10.2. The predicted molar refractivity (Wildman–Crippen MR) is 82.9 cm³/mol. The molecule has 21 heavy (non-hydrogen) atoms. The molecule has 1 aromatic carbocycles. The molecular weight excluding hydrogens is 338 g/mol. The number of benzene rings is 1. The van der Waals surface area contributed by atoms with Gasteiger partial charge >= 0.3 is 0 Å². The monoisotopic (exact) mass is 353 g/mol. The van der Waals surface area contributed by atoms with Gasteiger partial charge in [-0.1, -0.05) is 6.07 Å². The van der Waals surface area contributed by atoms with E-state index in [1.165, 1.54) is 0 Å². The number of anilines is 1. The van der Waals surface area contributed by atoms with Crippen LogP contribution in [0.5, 0.6) is 17.4 Å². The molecule has 0 bridgehead atoms. The fourth-order valence-corrected chi connectivity index (χ4v) is 1.94. The number of halogens is 1. The van der Waals surface area contributed by atoms with Crippen molar-refractivity contribution in [1.82, 2.24) is 9.97 Å². The Labute approximate surface area is 131 Å². The lowest BCUT2D eigenvalue weighted by Gasteiger charge is -2.12. The topological polar surface area (TPSA) is 76.5 Å². The van der Waals surface area contributed by atoms with Gasteiger partial charge in [-0.2, -0.15) is 4.98 Å². The van der Waals surface area contributed by atoms with Gasteiger partial charge < -0.3 is 19.9 Å². The van der Waals surface area contributed by atoms with E-state index in [1.54, 1.807) is 31.5 Å². The Morgan fingerprint density at radius 3 is 2.81 bits per heavy atom. The van der Waals surface area contributed by atoms with Gasteiger partial charge in [-0.25, -0.2) is 4.98 Å². The molecule has 0 saturated carbocycles. The Kier molecular flexibility index (Phi) is 5.35. The highest BCUT2D eigenvalue weighted by Crippen LogP contribution is 2.34. The summed E-state index contributed by atoms with van der Waals surface area (Å²) in [6, 6.07) is 5.21. The molecule has 0 aliphatic rings. The molecular formula is C14H16BrN3O3. The summed E-state index contributed by atoms with van der Waals surface area (Å²) in [4.78, 5) is 8.41. The van der Waals surface area contributed by atoms with Crippen molar-refractivity contribution in [3.05, 3.63) is 34.4 Å². The zero-order valence-electron chi connectivity index (χ0n) is 11.8. The van der Waals surface area contributed by atoms with Crippen molar-refractivity contribution >= 4 is 21.9 Å². The maximum absolute atomic E-state index is 9.14. The molecule has 0 saturated heterocycles. The van der Waals surface area contributed by atoms with Gasteiger partial charge in [0, 0.05) is 6.54 Å². The van der Waals surface area contributed by atoms with Gasteiger partial charge in [0.1, 0.15) is 0 Å². The summed E-state index contributed by atoms with van der Waals surface area (Å²) in [7, 11) is 1.54. The molecule has 0 atom stereocenters. The third-order valence-corrected chi connectivity index (χ3v) is 3.21. The molecule has 2 N–H and O–H groups in total. The molecule has 112 valence electrons. The molecule has 0 amide bonds. The maximum Gasteiger partial charge on any atom is 0.238 e. The number of hydrogen-bond acceptors (Lipinski definition) is 6. The highest BCUT2D eigenvalue weighted by molar-refractivity contribution is 9.10. The summed E-state index contributed by atoms with van der Waals surface area (Å²) < 4.78 is 11.7. The Morgan fingerprint density at radius 2 is 2.14 bits per heavy atom. The summed E-state index contributed by atoms with van der Waals surface area (Å²) in [6.45, 7) is 2.62. The van der Waals surface area contributed by atoms with Crippen LogP contribution in [0.4, 0.5) is 5.95 Å². The van der Waals surface area contributed by atoms with Crippen LogP contribution in [0.1, 0.15) is 12.5 Å². The Morgan fingerprint density at radius 1 is 1.33 bits per heavy atom. The second kappa shape index (κ2) is 7.24. The van der Waals surface area contributed by atoms with Crippen LogP contribution < -0.4 is 14.8 Å². The predicted octanol–water partition coefficient (Wildman–Crippen LogP) is 2.96. The number of rotatable bonds is 6. The second-order valence-corrected chi connectivity index (χ2v) is 4.98. The van der Waals surface area contributed by atoms with Crippen molar-refractivity contribution in [2.45, 2.75) is 13.5 Å². The first-order chi connectivity index (χ1) is 10.2. The van der Waals surface area contributed by atoms with Crippen LogP contribution in [0, 0.1) is 0 Å². The molecule has 6 nitrogen and oxygen atoms in total. The average molecular weight is 354 g/mol. The molecule has 2 aromatic rings. The second-order valence-electron chi connectivity index (χ2n) is 4.12. The average Bonchev–Trinajstić information content (AvgIpc) is 2.51. The van der Waals surface area contributed by atoms with Crippen LogP contribution in [0.3, 0.4) is 0 Å². The Balaban J connectivity index is 2.31. The van der Waals surface area contributed by atoms with Crippen molar-refractivity contribution in [2.75, 3.05) is 19.0 Å². The SMILES string of the molecule is CCNc1ncc(Br)c(Oc2ccc(CO)cc2OC)n1. The molecule has 0 fully saturated rings. The van der Waals surface area contributed by atoms with Crippen LogP contribution >= 0.6 is 15.9 Å². The van der Waals surface area contributed by atoms with E-state index < -0.39 is 0 Å². The summed E-state index contributed by atoms with van der Waals surface area (Å²) in [5.74, 6) is 1.91. The van der Waals surface area contributed by atoms with Crippen LogP contribution in [-0.2, 0) is 6.61 Å². The van der Waals surface area contributed by atoms with Crippen LogP contribution in [0.25, 0.3) is 0 Å². The van der Waals surface area contributed by atoms with E-state index in [4.69, 9.17) is 14.6 Å². The van der Waals surface area contributed by atoms with Crippen LogP contribution in [-0.4, -0.2) is 28.7 Å². The zero-order chi connectivity index (χ0) is 15.2. The van der Waals surface area contributed by atoms with E-state index in [1.807, 2.05) is 6.92 Å². The first-order valence-corrected chi connectivity index (χ1v) is 7.19. The van der Waals surface area contributed by atoms with E-state index in [-0.39, 0.29) is 6.61 Å². The summed E-state index contributed by atoms with van der Waals surface area (Å²) in [6.07, 6.45) is 1.62. The maximum atomic E-state index is 9.14. The largest absolute Gasteiger partial charge is 0.493 e. The smallest absolute Gasteiger partial charge is 0.238 e. The molecule has 1 heterocycles. The minimum Gasteiger partial charge on any atom is -0.493 e. The lowest BCUT2D eigenvalue weighted by molar-refractivity contribution is 0.280. The van der Waals surface area contributed by atoms with Gasteiger partial charge in [0.15, 0.2) is 11.5 Å². The van der Waals surface area contributed by atoms with E-state index in [2.05, 4.69) is 31.2 Å². The van der Waals surface area contributed by atoms with E-state index in [9.17, 15) is 0 Å². The number of hydrogen-bond donors (Lipinski definition) is 2. The van der Waals surface area contributed by atoms with Gasteiger partial charge in [-0.05, 0) is 40.5 Å². The minimum absolute atomic E-state index is 0.0571. The van der Waals surface area contributed by atoms with E-state index >= 15 is 0 Å². The first kappa shape index (κ1) is 15.5. The zero-order valence-corrected chi connectivity index (χ0v) is 13.3. The molecule has 2 rings (SSSR count). The van der Waals surface area contributed by atoms with Gasteiger partial charge in [0.05, 0.1) is 24.4 Å². The van der Waals surface area contributed by atoms with Gasteiger partial charge in [-0.15, -0.1) is 0 Å². The van der Waals surface area contributed by atoms with E-state index in [0.29, 0.717) is 27.8 Å². The quantitative estimate of drug-likeness (QED) is 0.831. The number of nitrogens with one attached hydrogen (secondary N) is 1. The van der Waals surface area contributed by atoms with Crippen molar-refractivity contribution in [2.24, 2.45) is 0 Å². The van der Waals surface area contributed by atoms with Crippen molar-refractivity contribution < 1.29 is 14.6 Å². The highest BCUT2D eigenvalue weighted by Gasteiger charge is 2.11. The van der Waals surface area contributed by atoms with Crippen molar-refractivity contribution in [1.29, 1.82) is 0 Å². The highest BCUT2D eigenvalue weighted by atomic mass is 79.9. The molecule has 0 aliphatic heterocycles. The number of aromatic nitrogens is 2. The molecule has 0 unspecified atom stereocenters. The number of aliphatic hydroxyl groups is 1. The summed E-state index contributed by atoms with van der Waals surface area (Å²) in [5.41, 5.74) is 0.745. The first-order valence-electron chi connectivity index (χ1n) is 6.40. The van der Waals surface area contributed by atoms with Gasteiger partial charge in [0.2, 0.25) is 11.8 Å². The van der Waals surface area contributed by atoms with Crippen molar-refractivity contribution in [3.8, 4) is 17.4 Å². The number of aliphatic hydroxyl groups excluding tert-OH is 1. The molecule has 1 aromatic heterocycles. The molecule has 0 spiro atoms. The number of ether oxygens (including phenoxy) is 2. The Bertz CT molecular complexity index is 622. The summed E-state index contributed by atoms with van der Waals surface area (Å²) in [5, 5.41) is 12.2. The number of methoxy groups -OCH3 is 1. The molecule has 0 radical (unpaired) electrons. The van der Waals surface area contributed by atoms with Crippen LogP contribution in [0.2, 0.25) is 0 Å². The summed E-state index contributed by atoms with van der Waals surface area (Å²) >= 11 is 3.36. The third kappa shape index (κ3) is 3.83. The fraction of sp³-hybridized carbons (Fsp3) is 0.286. The standard InChI is InChI=1S/C14H16BrN3O3/c1-3-16-14-17-7-10(15)13(18-14)21-11-5-4-9(8-19)6-12(11)20-2/h4-7,19H,3,8H2,1-2H3,(H,16,17,18). The minimum atomic E-state index is -0.0571. The number of nitrogens with zero attached hydrogens (tertiary/aromatic N) is 2. The third-order valence-electron chi connectivity index (χ3n) is 2.66. The van der Waals surface area contributed by atoms with Gasteiger partial charge in [0.25, 0.3) is 0 Å². The fourth-order valence-electron chi connectivity index (χ4n) is 1.67. The lowest BCUT2D eigenvalue weighted by Crippen LogP contribution is -2.03. The molecule has 7 heteroatoms. The van der Waals surface area contributed by atoms with Crippen molar-refractivity contribution in [3.63, 3.8) is 0 Å². The molecule has 0 aliphatic carbocycles. The normalized spacial score (nSPS) is 10.3. The van der Waals surface area contributed by atoms with Crippen LogP contribution in [0.15, 0.2) is 28.9 Å².